The molecule has 3 heterocycles. The van der Waals surface area contributed by atoms with Crippen molar-refractivity contribution >= 4 is 12.0 Å². The number of piperidine rings is 1. The maximum atomic E-state index is 12.7. The third-order valence-electron chi connectivity index (χ3n) is 7.59. The topological polar surface area (TPSA) is 53.1 Å². The van der Waals surface area contributed by atoms with Crippen LogP contribution < -0.4 is 0 Å². The van der Waals surface area contributed by atoms with E-state index in [9.17, 15) is 14.0 Å². The molecule has 0 aromatic carbocycles. The molecule has 0 bridgehead atoms. The van der Waals surface area contributed by atoms with E-state index in [4.69, 9.17) is 4.74 Å². The molecule has 7 heteroatoms. The third kappa shape index (κ3) is 3.74. The molecule has 4 fully saturated rings. The molecule has 4 rings (SSSR count). The second-order valence-electron chi connectivity index (χ2n) is 9.31. The van der Waals surface area contributed by atoms with E-state index in [0.29, 0.717) is 37.0 Å². The second kappa shape index (κ2) is 8.17. The Bertz CT molecular complexity index is 595. The number of amides is 2. The fourth-order valence-electron chi connectivity index (χ4n) is 6.04. The average Bonchev–Trinajstić information content (AvgIpc) is 3.26. The lowest BCUT2D eigenvalue weighted by atomic mass is 9.84. The Hall–Kier alpha value is -1.37. The fraction of sp³-hybridized carbons (Fsp3) is 0.905. The van der Waals surface area contributed by atoms with E-state index in [1.807, 2.05) is 0 Å². The minimum atomic E-state index is -0.637. The van der Waals surface area contributed by atoms with Gasteiger partial charge in [-0.1, -0.05) is 12.8 Å². The van der Waals surface area contributed by atoms with E-state index in [-0.39, 0.29) is 12.1 Å². The van der Waals surface area contributed by atoms with Gasteiger partial charge < -0.3 is 14.5 Å². The number of alkyl halides is 1. The molecule has 0 radical (unpaired) electrons. The summed E-state index contributed by atoms with van der Waals surface area (Å²) in [5.74, 6) is 0.972. The van der Waals surface area contributed by atoms with Gasteiger partial charge in [0.25, 0.3) is 0 Å². The van der Waals surface area contributed by atoms with Crippen molar-refractivity contribution < 1.29 is 18.7 Å². The van der Waals surface area contributed by atoms with Crippen LogP contribution >= 0.6 is 0 Å². The Morgan fingerprint density at radius 1 is 1.18 bits per heavy atom. The molecular weight excluding hydrogens is 361 g/mol. The molecule has 0 aromatic rings. The Labute approximate surface area is 167 Å². The number of rotatable bonds is 4. The Morgan fingerprint density at radius 3 is 2.68 bits per heavy atom. The summed E-state index contributed by atoms with van der Waals surface area (Å²) in [7, 11) is 0. The Morgan fingerprint density at radius 2 is 1.93 bits per heavy atom. The molecule has 3 atom stereocenters. The first-order valence-electron chi connectivity index (χ1n) is 11.1. The number of carbonyl (C=O) groups excluding carboxylic acids is 2. The van der Waals surface area contributed by atoms with E-state index < -0.39 is 12.8 Å². The van der Waals surface area contributed by atoms with Gasteiger partial charge in [0.1, 0.15) is 13.3 Å². The van der Waals surface area contributed by atoms with Gasteiger partial charge in [-0.25, -0.2) is 9.18 Å². The van der Waals surface area contributed by atoms with Crippen LogP contribution in [0.5, 0.6) is 0 Å². The second-order valence-corrected chi connectivity index (χ2v) is 9.31. The Kier molecular flexibility index (Phi) is 5.81. The molecule has 3 saturated heterocycles. The summed E-state index contributed by atoms with van der Waals surface area (Å²) in [6.45, 7) is 4.65. The molecule has 6 nitrogen and oxygen atoms in total. The lowest BCUT2D eigenvalue weighted by Crippen LogP contribution is -2.56. The number of fused-ring (bicyclic) bond motifs is 1. The molecule has 28 heavy (non-hydrogen) atoms. The van der Waals surface area contributed by atoms with Gasteiger partial charge in [0.05, 0.1) is 0 Å². The number of ether oxygens (including phenoxy) is 1. The van der Waals surface area contributed by atoms with Crippen LogP contribution in [0.4, 0.5) is 9.18 Å². The zero-order valence-electron chi connectivity index (χ0n) is 17.1. The van der Waals surface area contributed by atoms with Gasteiger partial charge in [-0.3, -0.25) is 9.69 Å². The van der Waals surface area contributed by atoms with E-state index in [1.165, 1.54) is 25.7 Å². The summed E-state index contributed by atoms with van der Waals surface area (Å²) in [6, 6.07) is 0.869. The molecule has 158 valence electrons. The molecule has 0 aromatic heterocycles. The number of likely N-dealkylation sites (tertiary alicyclic amines) is 3. The van der Waals surface area contributed by atoms with Gasteiger partial charge in [0, 0.05) is 50.2 Å². The summed E-state index contributed by atoms with van der Waals surface area (Å²) in [4.78, 5) is 31.2. The van der Waals surface area contributed by atoms with Crippen LogP contribution in [-0.2, 0) is 9.53 Å². The van der Waals surface area contributed by atoms with Crippen LogP contribution in [-0.4, -0.2) is 83.8 Å². The quantitative estimate of drug-likeness (QED) is 0.735. The molecular formula is C21H34FN3O3. The minimum Gasteiger partial charge on any atom is -0.447 e. The van der Waals surface area contributed by atoms with Crippen LogP contribution in [0.15, 0.2) is 0 Å². The third-order valence-corrected chi connectivity index (χ3v) is 7.59. The van der Waals surface area contributed by atoms with E-state index in [0.717, 1.165) is 38.8 Å². The van der Waals surface area contributed by atoms with Crippen molar-refractivity contribution in [1.29, 1.82) is 0 Å². The fourth-order valence-corrected chi connectivity index (χ4v) is 6.04. The first-order chi connectivity index (χ1) is 13.5. The maximum absolute atomic E-state index is 12.7. The van der Waals surface area contributed by atoms with Crippen molar-refractivity contribution in [2.24, 2.45) is 5.92 Å². The summed E-state index contributed by atoms with van der Waals surface area (Å²) in [5.41, 5.74) is -0.0535. The van der Waals surface area contributed by atoms with Crippen LogP contribution in [0.25, 0.3) is 0 Å². The summed E-state index contributed by atoms with van der Waals surface area (Å²) < 4.78 is 17.2. The largest absolute Gasteiger partial charge is 0.447 e. The minimum absolute atomic E-state index is 0.0535. The lowest BCUT2D eigenvalue weighted by molar-refractivity contribution is -0.132. The summed E-state index contributed by atoms with van der Waals surface area (Å²) >= 11 is 0. The zero-order valence-corrected chi connectivity index (χ0v) is 17.1. The molecule has 4 aliphatic rings. The van der Waals surface area contributed by atoms with Crippen LogP contribution in [0, 0.1) is 5.92 Å². The number of hydrogen-bond donors (Lipinski definition) is 0. The van der Waals surface area contributed by atoms with Crippen molar-refractivity contribution in [3.8, 4) is 0 Å². The van der Waals surface area contributed by atoms with Gasteiger partial charge in [-0.05, 0) is 44.9 Å². The van der Waals surface area contributed by atoms with Gasteiger partial charge in [0.2, 0.25) is 5.91 Å². The van der Waals surface area contributed by atoms with Gasteiger partial charge >= 0.3 is 6.09 Å². The normalized spacial score (nSPS) is 34.7. The molecule has 1 saturated carbocycles. The molecule has 1 unspecified atom stereocenters. The van der Waals surface area contributed by atoms with Crippen LogP contribution in [0.1, 0.15) is 58.3 Å². The summed E-state index contributed by atoms with van der Waals surface area (Å²) in [5, 5.41) is 0. The van der Waals surface area contributed by atoms with Crippen molar-refractivity contribution in [2.75, 3.05) is 39.5 Å². The highest BCUT2D eigenvalue weighted by Gasteiger charge is 2.47. The van der Waals surface area contributed by atoms with Crippen molar-refractivity contribution in [3.05, 3.63) is 0 Å². The highest BCUT2D eigenvalue weighted by molar-refractivity contribution is 5.79. The SMILES string of the molecule is CC1(N2CCC(N3C(=O)C[C@H]4CCCC[C@@H]43)CC2)CCN(C(=O)OCCF)C1. The number of hydrogen-bond acceptors (Lipinski definition) is 4. The highest BCUT2D eigenvalue weighted by atomic mass is 19.1. The first kappa shape index (κ1) is 19.9. The van der Waals surface area contributed by atoms with E-state index >= 15 is 0 Å². The average molecular weight is 396 g/mol. The molecule has 0 N–H and O–H groups in total. The standard InChI is InChI=1S/C21H34FN3O3/c1-21(8-12-23(15-21)20(27)28-13-9-22)24-10-6-17(7-11-24)25-18-5-3-2-4-16(18)14-19(25)26/h16-18H,2-15H2,1H3/t16-,18+,21?/m1/s1. The smallest absolute Gasteiger partial charge is 0.409 e. The molecule has 1 aliphatic carbocycles. The lowest BCUT2D eigenvalue weighted by Gasteiger charge is -2.46. The predicted molar refractivity (Wildman–Crippen MR) is 104 cm³/mol. The van der Waals surface area contributed by atoms with E-state index in [1.54, 1.807) is 4.90 Å². The van der Waals surface area contributed by atoms with Crippen LogP contribution in [0.2, 0.25) is 0 Å². The number of halogens is 1. The zero-order chi connectivity index (χ0) is 19.7. The van der Waals surface area contributed by atoms with Gasteiger partial charge in [0.15, 0.2) is 0 Å². The predicted octanol–water partition coefficient (Wildman–Crippen LogP) is 2.81. The maximum Gasteiger partial charge on any atom is 0.409 e. The highest BCUT2D eigenvalue weighted by Crippen LogP contribution is 2.40. The van der Waals surface area contributed by atoms with Crippen LogP contribution in [0.3, 0.4) is 0 Å². The van der Waals surface area contributed by atoms with Crippen molar-refractivity contribution in [2.45, 2.75) is 75.9 Å². The molecule has 0 spiro atoms. The monoisotopic (exact) mass is 395 g/mol. The molecule has 3 aliphatic heterocycles. The first-order valence-corrected chi connectivity index (χ1v) is 11.1. The van der Waals surface area contributed by atoms with Gasteiger partial charge in [-0.2, -0.15) is 0 Å². The number of nitrogens with zero attached hydrogens (tertiary/aromatic N) is 3. The van der Waals surface area contributed by atoms with E-state index in [2.05, 4.69) is 16.7 Å². The number of carbonyl (C=O) groups is 2. The molecule has 2 amide bonds. The van der Waals surface area contributed by atoms with Gasteiger partial charge in [-0.15, -0.1) is 0 Å². The van der Waals surface area contributed by atoms with Crippen molar-refractivity contribution in [1.82, 2.24) is 14.7 Å². The summed E-state index contributed by atoms with van der Waals surface area (Å²) in [6.07, 6.45) is 8.27. The van der Waals surface area contributed by atoms with Crippen molar-refractivity contribution in [3.63, 3.8) is 0 Å². The Balaban J connectivity index is 1.32.